The van der Waals surface area contributed by atoms with E-state index < -0.39 is 5.41 Å². The topological polar surface area (TPSA) is 61.8 Å². The molecule has 0 aliphatic carbocycles. The highest BCUT2D eigenvalue weighted by molar-refractivity contribution is 6.15. The maximum Gasteiger partial charge on any atom is 0.200 e. The zero-order valence-corrected chi connectivity index (χ0v) is 15.6. The average molecular weight is 358 g/mol. The third-order valence-electron chi connectivity index (χ3n) is 4.43. The molecule has 1 atom stereocenters. The lowest BCUT2D eigenvalue weighted by molar-refractivity contribution is -0.132. The zero-order valence-electron chi connectivity index (χ0n) is 15.6. The van der Waals surface area contributed by atoms with E-state index in [0.29, 0.717) is 18.1 Å². The molecule has 1 aliphatic heterocycles. The molecule has 1 aromatic carbocycles. The van der Waals surface area contributed by atoms with Crippen LogP contribution in [0.15, 0.2) is 36.9 Å². The Labute approximate surface area is 154 Å². The summed E-state index contributed by atoms with van der Waals surface area (Å²) in [7, 11) is 1.56. The molecule has 1 unspecified atom stereocenters. The summed E-state index contributed by atoms with van der Waals surface area (Å²) in [6, 6.07) is 5.40. The van der Waals surface area contributed by atoms with E-state index in [9.17, 15) is 9.59 Å². The van der Waals surface area contributed by atoms with Crippen LogP contribution in [0.2, 0.25) is 0 Å². The van der Waals surface area contributed by atoms with Crippen LogP contribution in [0.4, 0.5) is 0 Å². The third kappa shape index (κ3) is 4.82. The quantitative estimate of drug-likeness (QED) is 0.520. The molecule has 1 aromatic rings. The van der Waals surface area contributed by atoms with E-state index in [-0.39, 0.29) is 17.9 Å². The monoisotopic (exact) mass is 358 g/mol. The SMILES string of the molecule is C=CC(=O)C(C)(C)C(=O)C=Cc1ccc(OC2CCCCO2)c(OC)c1. The molecular formula is C21H26O5. The number of ketones is 2. The number of hydrogen-bond donors (Lipinski definition) is 0. The van der Waals surface area contributed by atoms with Crippen LogP contribution in [0.5, 0.6) is 11.5 Å². The molecule has 0 aromatic heterocycles. The van der Waals surface area contributed by atoms with Gasteiger partial charge in [-0.3, -0.25) is 9.59 Å². The van der Waals surface area contributed by atoms with Crippen LogP contribution in [0.3, 0.4) is 0 Å². The molecule has 2 rings (SSSR count). The van der Waals surface area contributed by atoms with Crippen LogP contribution in [0.1, 0.15) is 38.7 Å². The minimum Gasteiger partial charge on any atom is -0.493 e. The fourth-order valence-electron chi connectivity index (χ4n) is 2.59. The van der Waals surface area contributed by atoms with Crippen molar-refractivity contribution < 1.29 is 23.8 Å². The highest BCUT2D eigenvalue weighted by atomic mass is 16.7. The van der Waals surface area contributed by atoms with Crippen molar-refractivity contribution in [3.63, 3.8) is 0 Å². The Morgan fingerprint density at radius 2 is 2.00 bits per heavy atom. The molecule has 5 nitrogen and oxygen atoms in total. The van der Waals surface area contributed by atoms with Gasteiger partial charge in [-0.2, -0.15) is 0 Å². The van der Waals surface area contributed by atoms with Gasteiger partial charge in [-0.25, -0.2) is 0 Å². The summed E-state index contributed by atoms with van der Waals surface area (Å²) >= 11 is 0. The number of allylic oxidation sites excluding steroid dienone is 2. The first-order valence-electron chi connectivity index (χ1n) is 8.74. The van der Waals surface area contributed by atoms with Crippen LogP contribution in [-0.4, -0.2) is 31.6 Å². The van der Waals surface area contributed by atoms with Crippen LogP contribution >= 0.6 is 0 Å². The molecule has 0 bridgehead atoms. The zero-order chi connectivity index (χ0) is 19.2. The normalized spacial score (nSPS) is 17.7. The second-order valence-electron chi connectivity index (χ2n) is 6.72. The molecule has 0 spiro atoms. The van der Waals surface area contributed by atoms with Crippen molar-refractivity contribution >= 4 is 17.6 Å². The van der Waals surface area contributed by atoms with Gasteiger partial charge in [0, 0.05) is 6.42 Å². The highest BCUT2D eigenvalue weighted by Gasteiger charge is 2.31. The Morgan fingerprint density at radius 3 is 2.62 bits per heavy atom. The fourth-order valence-corrected chi connectivity index (χ4v) is 2.59. The molecule has 1 saturated heterocycles. The number of ether oxygens (including phenoxy) is 3. The summed E-state index contributed by atoms with van der Waals surface area (Å²) < 4.78 is 16.8. The molecule has 1 heterocycles. The lowest BCUT2D eigenvalue weighted by atomic mass is 9.83. The average Bonchev–Trinajstić information content (AvgIpc) is 2.66. The second kappa shape index (κ2) is 8.81. The second-order valence-corrected chi connectivity index (χ2v) is 6.72. The first kappa shape index (κ1) is 19.9. The molecule has 1 aliphatic rings. The maximum absolute atomic E-state index is 12.3. The first-order valence-corrected chi connectivity index (χ1v) is 8.74. The van der Waals surface area contributed by atoms with Crippen molar-refractivity contribution in [2.45, 2.75) is 39.4 Å². The Morgan fingerprint density at radius 1 is 1.23 bits per heavy atom. The molecule has 0 amide bonds. The number of methoxy groups -OCH3 is 1. The standard InChI is InChI=1S/C21H26O5/c1-5-18(22)21(2,3)19(23)12-10-15-9-11-16(17(14-15)24-4)26-20-8-6-7-13-25-20/h5,9-12,14,20H,1,6-8,13H2,2-4H3. The number of hydrogen-bond acceptors (Lipinski definition) is 5. The van der Waals surface area contributed by atoms with Crippen molar-refractivity contribution in [3.8, 4) is 11.5 Å². The molecule has 26 heavy (non-hydrogen) atoms. The lowest BCUT2D eigenvalue weighted by Gasteiger charge is -2.24. The van der Waals surface area contributed by atoms with Gasteiger partial charge in [0.1, 0.15) is 0 Å². The van der Waals surface area contributed by atoms with E-state index in [0.717, 1.165) is 24.8 Å². The lowest BCUT2D eigenvalue weighted by Crippen LogP contribution is -2.30. The first-order chi connectivity index (χ1) is 12.4. The van der Waals surface area contributed by atoms with Gasteiger partial charge in [-0.1, -0.05) is 18.7 Å². The Kier molecular flexibility index (Phi) is 6.75. The van der Waals surface area contributed by atoms with E-state index in [1.165, 1.54) is 12.2 Å². The van der Waals surface area contributed by atoms with Crippen LogP contribution < -0.4 is 9.47 Å². The van der Waals surface area contributed by atoms with E-state index in [4.69, 9.17) is 14.2 Å². The van der Waals surface area contributed by atoms with Crippen LogP contribution in [0.25, 0.3) is 6.08 Å². The van der Waals surface area contributed by atoms with E-state index in [2.05, 4.69) is 6.58 Å². The van der Waals surface area contributed by atoms with Crippen molar-refractivity contribution in [1.29, 1.82) is 0 Å². The summed E-state index contributed by atoms with van der Waals surface area (Å²) in [5.41, 5.74) is -0.349. The number of benzene rings is 1. The van der Waals surface area contributed by atoms with Crippen molar-refractivity contribution in [3.05, 3.63) is 42.5 Å². The number of rotatable bonds is 8. The van der Waals surface area contributed by atoms with E-state index >= 15 is 0 Å². The minimum absolute atomic E-state index is 0.258. The smallest absolute Gasteiger partial charge is 0.200 e. The number of carbonyl (C=O) groups is 2. The molecule has 0 saturated carbocycles. The van der Waals surface area contributed by atoms with Crippen LogP contribution in [0, 0.1) is 5.41 Å². The van der Waals surface area contributed by atoms with Gasteiger partial charge in [0.2, 0.25) is 0 Å². The summed E-state index contributed by atoms with van der Waals surface area (Å²) in [5.74, 6) is 0.582. The van der Waals surface area contributed by atoms with Gasteiger partial charge < -0.3 is 14.2 Å². The fraction of sp³-hybridized carbons (Fsp3) is 0.429. The van der Waals surface area contributed by atoms with Gasteiger partial charge >= 0.3 is 0 Å². The van der Waals surface area contributed by atoms with Gasteiger partial charge in [0.15, 0.2) is 29.4 Å². The van der Waals surface area contributed by atoms with E-state index in [1.807, 2.05) is 6.07 Å². The molecule has 0 N–H and O–H groups in total. The van der Waals surface area contributed by atoms with Crippen LogP contribution in [-0.2, 0) is 14.3 Å². The molecule has 5 heteroatoms. The Balaban J connectivity index is 2.11. The summed E-state index contributed by atoms with van der Waals surface area (Å²) in [6.45, 7) is 7.32. The molecule has 140 valence electrons. The van der Waals surface area contributed by atoms with Crippen molar-refractivity contribution in [1.82, 2.24) is 0 Å². The minimum atomic E-state index is -1.12. The molecular weight excluding hydrogens is 332 g/mol. The molecule has 1 fully saturated rings. The third-order valence-corrected chi connectivity index (χ3v) is 4.43. The summed E-state index contributed by atoms with van der Waals surface area (Å²) in [4.78, 5) is 24.1. The predicted octanol–water partition coefficient (Wildman–Crippen LogP) is 3.96. The van der Waals surface area contributed by atoms with Gasteiger partial charge in [0.25, 0.3) is 0 Å². The van der Waals surface area contributed by atoms with Gasteiger partial charge in [0.05, 0.1) is 19.1 Å². The summed E-state index contributed by atoms with van der Waals surface area (Å²) in [6.07, 6.45) is 6.96. The van der Waals surface area contributed by atoms with Gasteiger partial charge in [-0.15, -0.1) is 0 Å². The van der Waals surface area contributed by atoms with Crippen molar-refractivity contribution in [2.24, 2.45) is 5.41 Å². The largest absolute Gasteiger partial charge is 0.493 e. The summed E-state index contributed by atoms with van der Waals surface area (Å²) in [5, 5.41) is 0. The molecule has 0 radical (unpaired) electrons. The van der Waals surface area contributed by atoms with Gasteiger partial charge in [-0.05, 0) is 56.5 Å². The Bertz CT molecular complexity index is 696. The highest BCUT2D eigenvalue weighted by Crippen LogP contribution is 2.31. The number of carbonyl (C=O) groups excluding carboxylic acids is 2. The van der Waals surface area contributed by atoms with Crippen molar-refractivity contribution in [2.75, 3.05) is 13.7 Å². The van der Waals surface area contributed by atoms with E-state index in [1.54, 1.807) is 39.2 Å². The predicted molar refractivity (Wildman–Crippen MR) is 100 cm³/mol. The Hall–Kier alpha value is -2.40. The maximum atomic E-state index is 12.3.